The van der Waals surface area contributed by atoms with E-state index in [1.165, 1.54) is 13.2 Å². The van der Waals surface area contributed by atoms with E-state index in [0.29, 0.717) is 17.7 Å². The number of hydrogen-bond acceptors (Lipinski definition) is 1. The molecule has 0 N–H and O–H groups in total. The molecular weight excluding hydrogens is 253 g/mol. The fraction of sp³-hybridized carbons (Fsp3) is 0.467. The number of hydrogen-bond donors (Lipinski definition) is 0. The fourth-order valence-electron chi connectivity index (χ4n) is 1.77. The third-order valence-electron chi connectivity index (χ3n) is 2.66. The molecule has 0 heterocycles. The van der Waals surface area contributed by atoms with Crippen LogP contribution in [-0.2, 0) is 12.6 Å². The van der Waals surface area contributed by atoms with Crippen molar-refractivity contribution in [3.05, 3.63) is 29.3 Å². The predicted molar refractivity (Wildman–Crippen MR) is 68.9 cm³/mol. The Morgan fingerprint density at radius 3 is 2.53 bits per heavy atom. The number of methoxy groups -OCH3 is 1. The minimum absolute atomic E-state index is 0.00247. The first-order chi connectivity index (χ1) is 8.88. The summed E-state index contributed by atoms with van der Waals surface area (Å²) >= 11 is 0. The van der Waals surface area contributed by atoms with E-state index in [1.807, 2.05) is 13.8 Å². The summed E-state index contributed by atoms with van der Waals surface area (Å²) in [6, 6.07) is 3.53. The quantitative estimate of drug-likeness (QED) is 0.744. The molecule has 0 fully saturated rings. The Bertz CT molecular complexity index is 480. The summed E-state index contributed by atoms with van der Waals surface area (Å²) in [4.78, 5) is 0. The normalized spacial score (nSPS) is 12.5. The maximum Gasteiger partial charge on any atom is 0.416 e. The van der Waals surface area contributed by atoms with Crippen molar-refractivity contribution in [2.75, 3.05) is 7.11 Å². The lowest BCUT2D eigenvalue weighted by Gasteiger charge is -2.14. The molecular formula is C15H17F3O. The van der Waals surface area contributed by atoms with Crippen LogP contribution in [0.1, 0.15) is 31.4 Å². The summed E-state index contributed by atoms with van der Waals surface area (Å²) in [7, 11) is 1.45. The van der Waals surface area contributed by atoms with E-state index >= 15 is 0 Å². The molecule has 0 saturated carbocycles. The zero-order chi connectivity index (χ0) is 14.5. The van der Waals surface area contributed by atoms with Crippen molar-refractivity contribution in [1.82, 2.24) is 0 Å². The van der Waals surface area contributed by atoms with Crippen LogP contribution in [0.3, 0.4) is 0 Å². The van der Waals surface area contributed by atoms with Crippen molar-refractivity contribution in [2.24, 2.45) is 5.92 Å². The highest BCUT2D eigenvalue weighted by Crippen LogP contribution is 2.33. The van der Waals surface area contributed by atoms with Crippen LogP contribution in [0.2, 0.25) is 0 Å². The molecule has 1 rings (SSSR count). The van der Waals surface area contributed by atoms with Gasteiger partial charge < -0.3 is 4.74 Å². The smallest absolute Gasteiger partial charge is 0.416 e. The molecule has 19 heavy (non-hydrogen) atoms. The molecule has 1 aromatic rings. The summed E-state index contributed by atoms with van der Waals surface area (Å²) in [5, 5.41) is 0. The van der Waals surface area contributed by atoms with Crippen molar-refractivity contribution in [3.63, 3.8) is 0 Å². The van der Waals surface area contributed by atoms with Gasteiger partial charge in [0.05, 0.1) is 12.7 Å². The minimum atomic E-state index is -4.33. The van der Waals surface area contributed by atoms with Crippen molar-refractivity contribution >= 4 is 0 Å². The van der Waals surface area contributed by atoms with Gasteiger partial charge in [0.15, 0.2) is 0 Å². The molecule has 4 heteroatoms. The highest BCUT2D eigenvalue weighted by Gasteiger charge is 2.31. The molecule has 104 valence electrons. The summed E-state index contributed by atoms with van der Waals surface area (Å²) < 4.78 is 43.1. The van der Waals surface area contributed by atoms with Gasteiger partial charge in [0.25, 0.3) is 0 Å². The van der Waals surface area contributed by atoms with Crippen LogP contribution in [0.5, 0.6) is 5.75 Å². The largest absolute Gasteiger partial charge is 0.496 e. The Labute approximate surface area is 111 Å². The second-order valence-electron chi connectivity index (χ2n) is 4.30. The van der Waals surface area contributed by atoms with Gasteiger partial charge in [0, 0.05) is 12.3 Å². The van der Waals surface area contributed by atoms with Crippen LogP contribution in [0.4, 0.5) is 13.2 Å². The van der Waals surface area contributed by atoms with Crippen LogP contribution in [0.25, 0.3) is 0 Å². The molecule has 0 aliphatic carbocycles. The van der Waals surface area contributed by atoms with Crippen molar-refractivity contribution < 1.29 is 17.9 Å². The summed E-state index contributed by atoms with van der Waals surface area (Å²) in [5.74, 6) is 6.41. The SMILES string of the molecule is CCC#CC(C)Cc1cc(C(F)(F)F)ccc1OC. The van der Waals surface area contributed by atoms with E-state index in [4.69, 9.17) is 4.74 Å². The van der Waals surface area contributed by atoms with Gasteiger partial charge >= 0.3 is 6.18 Å². The maximum atomic E-state index is 12.7. The second-order valence-corrected chi connectivity index (χ2v) is 4.30. The van der Waals surface area contributed by atoms with Gasteiger partial charge in [-0.05, 0) is 30.2 Å². The lowest BCUT2D eigenvalue weighted by atomic mass is 9.98. The monoisotopic (exact) mass is 270 g/mol. The van der Waals surface area contributed by atoms with Crippen LogP contribution < -0.4 is 4.74 Å². The number of rotatable bonds is 3. The maximum absolute atomic E-state index is 12.7. The Kier molecular flexibility index (Phi) is 5.29. The molecule has 0 aliphatic rings. The average Bonchev–Trinajstić information content (AvgIpc) is 2.35. The highest BCUT2D eigenvalue weighted by molar-refractivity contribution is 5.39. The van der Waals surface area contributed by atoms with E-state index in [1.54, 1.807) is 0 Å². The first-order valence-electron chi connectivity index (χ1n) is 6.11. The molecule has 0 spiro atoms. The summed E-state index contributed by atoms with van der Waals surface area (Å²) in [6.45, 7) is 3.83. The first-order valence-corrected chi connectivity index (χ1v) is 6.11. The topological polar surface area (TPSA) is 9.23 Å². The number of ether oxygens (including phenoxy) is 1. The Balaban J connectivity index is 3.03. The number of halogens is 3. The van der Waals surface area contributed by atoms with Gasteiger partial charge in [0.2, 0.25) is 0 Å². The van der Waals surface area contributed by atoms with E-state index in [-0.39, 0.29) is 5.92 Å². The van der Waals surface area contributed by atoms with Gasteiger partial charge in [-0.1, -0.05) is 19.8 Å². The van der Waals surface area contributed by atoms with Crippen molar-refractivity contribution in [1.29, 1.82) is 0 Å². The number of benzene rings is 1. The van der Waals surface area contributed by atoms with E-state index < -0.39 is 11.7 Å². The van der Waals surface area contributed by atoms with Crippen molar-refractivity contribution in [2.45, 2.75) is 32.9 Å². The van der Waals surface area contributed by atoms with Crippen LogP contribution in [0, 0.1) is 17.8 Å². The molecule has 0 radical (unpaired) electrons. The van der Waals surface area contributed by atoms with E-state index in [0.717, 1.165) is 18.6 Å². The predicted octanol–water partition coefficient (Wildman–Crippen LogP) is 4.31. The van der Waals surface area contributed by atoms with Crippen LogP contribution in [-0.4, -0.2) is 7.11 Å². The minimum Gasteiger partial charge on any atom is -0.496 e. The van der Waals surface area contributed by atoms with Gasteiger partial charge in [-0.3, -0.25) is 0 Å². The molecule has 0 bridgehead atoms. The Morgan fingerprint density at radius 1 is 1.32 bits per heavy atom. The third kappa shape index (κ3) is 4.51. The third-order valence-corrected chi connectivity index (χ3v) is 2.66. The molecule has 1 atom stereocenters. The Hall–Kier alpha value is -1.63. The fourth-order valence-corrected chi connectivity index (χ4v) is 1.77. The van der Waals surface area contributed by atoms with Crippen LogP contribution >= 0.6 is 0 Å². The average molecular weight is 270 g/mol. The molecule has 0 aliphatic heterocycles. The molecule has 0 amide bonds. The first kappa shape index (κ1) is 15.4. The molecule has 0 aromatic heterocycles. The van der Waals surface area contributed by atoms with Crippen molar-refractivity contribution in [3.8, 4) is 17.6 Å². The molecule has 1 nitrogen and oxygen atoms in total. The lowest BCUT2D eigenvalue weighted by molar-refractivity contribution is -0.137. The van der Waals surface area contributed by atoms with E-state index in [9.17, 15) is 13.2 Å². The van der Waals surface area contributed by atoms with Gasteiger partial charge in [-0.25, -0.2) is 0 Å². The van der Waals surface area contributed by atoms with Gasteiger partial charge in [-0.2, -0.15) is 13.2 Å². The zero-order valence-electron chi connectivity index (χ0n) is 11.3. The Morgan fingerprint density at radius 2 is 2.00 bits per heavy atom. The van der Waals surface area contributed by atoms with Gasteiger partial charge in [-0.15, -0.1) is 5.92 Å². The molecule has 1 aromatic carbocycles. The summed E-state index contributed by atoms with van der Waals surface area (Å²) in [6.07, 6.45) is -3.15. The molecule has 0 saturated heterocycles. The zero-order valence-corrected chi connectivity index (χ0v) is 11.3. The molecule has 1 unspecified atom stereocenters. The van der Waals surface area contributed by atoms with Gasteiger partial charge in [0.1, 0.15) is 5.75 Å². The second kappa shape index (κ2) is 6.51. The van der Waals surface area contributed by atoms with E-state index in [2.05, 4.69) is 11.8 Å². The van der Waals surface area contributed by atoms with Crippen LogP contribution in [0.15, 0.2) is 18.2 Å². The lowest BCUT2D eigenvalue weighted by Crippen LogP contribution is -2.07. The number of alkyl halides is 3. The summed E-state index contributed by atoms with van der Waals surface area (Å²) in [5.41, 5.74) is -0.117. The standard InChI is InChI=1S/C15H17F3O/c1-4-5-6-11(2)9-12-10-13(15(16,17)18)7-8-14(12)19-3/h7-8,10-11H,4,9H2,1-3H3. The highest BCUT2D eigenvalue weighted by atomic mass is 19.4.